The van der Waals surface area contributed by atoms with Crippen LogP contribution >= 0.6 is 15.9 Å². The molecule has 0 bridgehead atoms. The van der Waals surface area contributed by atoms with Crippen molar-refractivity contribution in [2.24, 2.45) is 4.99 Å². The second-order valence-electron chi connectivity index (χ2n) is 6.95. The van der Waals surface area contributed by atoms with Gasteiger partial charge >= 0.3 is 5.97 Å². The molecule has 8 heteroatoms. The van der Waals surface area contributed by atoms with Crippen molar-refractivity contribution in [2.75, 3.05) is 20.7 Å². The van der Waals surface area contributed by atoms with Crippen molar-refractivity contribution in [1.82, 2.24) is 4.90 Å². The molecule has 0 saturated carbocycles. The Balaban J connectivity index is 1.88. The third-order valence-corrected chi connectivity index (χ3v) is 5.08. The van der Waals surface area contributed by atoms with Crippen LogP contribution in [0.5, 0.6) is 11.5 Å². The maximum absolute atomic E-state index is 12.3. The topological polar surface area (TPSA) is 77.4 Å². The van der Waals surface area contributed by atoms with Crippen molar-refractivity contribution in [3.05, 3.63) is 63.8 Å². The standard InChI is InChI=1S/C23H23BrN2O5/c1-5-29-20-13-15(10-11-19(20)30-14(2)22(27)26(3)4)12-18-23(28)31-21(25-18)16-8-6-7-9-17(16)24/h6-14H,5H2,1-4H3/b18-12-. The van der Waals surface area contributed by atoms with E-state index in [0.29, 0.717) is 29.2 Å². The van der Waals surface area contributed by atoms with Gasteiger partial charge in [0.25, 0.3) is 5.91 Å². The van der Waals surface area contributed by atoms with Gasteiger partial charge in [0.1, 0.15) is 0 Å². The van der Waals surface area contributed by atoms with Crippen LogP contribution in [-0.2, 0) is 14.3 Å². The van der Waals surface area contributed by atoms with Crippen molar-refractivity contribution in [3.63, 3.8) is 0 Å². The fourth-order valence-corrected chi connectivity index (χ4v) is 3.36. The zero-order valence-electron chi connectivity index (χ0n) is 17.7. The highest BCUT2D eigenvalue weighted by Crippen LogP contribution is 2.31. The van der Waals surface area contributed by atoms with Crippen molar-refractivity contribution in [1.29, 1.82) is 0 Å². The van der Waals surface area contributed by atoms with Gasteiger partial charge in [-0.25, -0.2) is 9.79 Å². The van der Waals surface area contributed by atoms with Gasteiger partial charge in [-0.15, -0.1) is 0 Å². The molecule has 1 aliphatic rings. The molecule has 0 aromatic heterocycles. The zero-order valence-corrected chi connectivity index (χ0v) is 19.3. The first kappa shape index (κ1) is 22.6. The molecule has 2 aromatic carbocycles. The number of cyclic esters (lactones) is 1. The number of benzene rings is 2. The number of esters is 1. The van der Waals surface area contributed by atoms with Gasteiger partial charge in [-0.3, -0.25) is 4.79 Å². The Morgan fingerprint density at radius 3 is 2.65 bits per heavy atom. The summed E-state index contributed by atoms with van der Waals surface area (Å²) in [6, 6.07) is 12.6. The van der Waals surface area contributed by atoms with Crippen LogP contribution in [0.3, 0.4) is 0 Å². The molecule has 0 saturated heterocycles. The van der Waals surface area contributed by atoms with Crippen LogP contribution in [0, 0.1) is 0 Å². The number of carbonyl (C=O) groups excluding carboxylic acids is 2. The van der Waals surface area contributed by atoms with E-state index >= 15 is 0 Å². The molecule has 0 fully saturated rings. The summed E-state index contributed by atoms with van der Waals surface area (Å²) in [4.78, 5) is 30.2. The first-order valence-corrected chi connectivity index (χ1v) is 10.5. The highest BCUT2D eigenvalue weighted by atomic mass is 79.9. The van der Waals surface area contributed by atoms with E-state index in [4.69, 9.17) is 14.2 Å². The smallest absolute Gasteiger partial charge is 0.363 e. The number of hydrogen-bond acceptors (Lipinski definition) is 6. The molecular weight excluding hydrogens is 464 g/mol. The predicted octanol–water partition coefficient (Wildman–Crippen LogP) is 4.05. The first-order chi connectivity index (χ1) is 14.8. The molecule has 0 aliphatic carbocycles. The predicted molar refractivity (Wildman–Crippen MR) is 121 cm³/mol. The van der Waals surface area contributed by atoms with Gasteiger partial charge in [0, 0.05) is 18.6 Å². The minimum absolute atomic E-state index is 0.156. The molecule has 1 unspecified atom stereocenters. The average molecular weight is 487 g/mol. The van der Waals surface area contributed by atoms with Crippen LogP contribution in [0.4, 0.5) is 0 Å². The summed E-state index contributed by atoms with van der Waals surface area (Å²) in [6.07, 6.45) is 0.951. The summed E-state index contributed by atoms with van der Waals surface area (Å²) in [5.74, 6) is 0.463. The Bertz CT molecular complexity index is 1060. The third-order valence-electron chi connectivity index (χ3n) is 4.39. The van der Waals surface area contributed by atoms with E-state index in [0.717, 1.165) is 4.47 Å². The van der Waals surface area contributed by atoms with Crippen molar-refractivity contribution in [2.45, 2.75) is 20.0 Å². The summed E-state index contributed by atoms with van der Waals surface area (Å²) >= 11 is 3.44. The first-order valence-electron chi connectivity index (χ1n) is 9.72. The van der Waals surface area contributed by atoms with Gasteiger partial charge in [-0.05, 0) is 65.7 Å². The van der Waals surface area contributed by atoms with Gasteiger partial charge in [0.15, 0.2) is 23.3 Å². The summed E-state index contributed by atoms with van der Waals surface area (Å²) in [7, 11) is 3.34. The lowest BCUT2D eigenvalue weighted by Gasteiger charge is -2.20. The monoisotopic (exact) mass is 486 g/mol. The van der Waals surface area contributed by atoms with Crippen molar-refractivity contribution < 1.29 is 23.8 Å². The Morgan fingerprint density at radius 2 is 1.97 bits per heavy atom. The highest BCUT2D eigenvalue weighted by molar-refractivity contribution is 9.10. The lowest BCUT2D eigenvalue weighted by molar-refractivity contribution is -0.135. The Labute approximate surface area is 189 Å². The Hall–Kier alpha value is -3.13. The van der Waals surface area contributed by atoms with Gasteiger partial charge in [-0.2, -0.15) is 0 Å². The van der Waals surface area contributed by atoms with E-state index in [1.807, 2.05) is 31.2 Å². The van der Waals surface area contributed by atoms with Gasteiger partial charge < -0.3 is 19.1 Å². The SMILES string of the molecule is CCOc1cc(/C=C2\N=C(c3ccccc3Br)OC2=O)ccc1OC(C)C(=O)N(C)C. The van der Waals surface area contributed by atoms with E-state index in [1.165, 1.54) is 4.90 Å². The number of halogens is 1. The van der Waals surface area contributed by atoms with E-state index < -0.39 is 12.1 Å². The lowest BCUT2D eigenvalue weighted by atomic mass is 10.1. The van der Waals surface area contributed by atoms with E-state index in [2.05, 4.69) is 20.9 Å². The van der Waals surface area contributed by atoms with Gasteiger partial charge in [0.2, 0.25) is 5.90 Å². The normalized spacial score (nSPS) is 15.3. The Morgan fingerprint density at radius 1 is 1.23 bits per heavy atom. The summed E-state index contributed by atoms with van der Waals surface area (Å²) < 4.78 is 17.6. The summed E-state index contributed by atoms with van der Waals surface area (Å²) in [6.45, 7) is 3.95. The van der Waals surface area contributed by atoms with Gasteiger partial charge in [0.05, 0.1) is 12.2 Å². The Kier molecular flexibility index (Phi) is 7.12. The molecule has 3 rings (SSSR count). The summed E-state index contributed by atoms with van der Waals surface area (Å²) in [5, 5.41) is 0. The van der Waals surface area contributed by atoms with Crippen LogP contribution in [0.2, 0.25) is 0 Å². The molecular formula is C23H23BrN2O5. The molecule has 0 radical (unpaired) electrons. The molecule has 1 heterocycles. The van der Waals surface area contributed by atoms with E-state index in [-0.39, 0.29) is 17.5 Å². The fraction of sp³-hybridized carbons (Fsp3) is 0.261. The number of aliphatic imine (C=N–C) groups is 1. The molecule has 31 heavy (non-hydrogen) atoms. The average Bonchev–Trinajstić information content (AvgIpc) is 3.09. The summed E-state index contributed by atoms with van der Waals surface area (Å²) in [5.41, 5.74) is 1.56. The van der Waals surface area contributed by atoms with E-state index in [9.17, 15) is 9.59 Å². The maximum Gasteiger partial charge on any atom is 0.363 e. The number of amides is 1. The fourth-order valence-electron chi connectivity index (χ4n) is 2.90. The molecule has 1 atom stereocenters. The number of likely N-dealkylation sites (N-methyl/N-ethyl adjacent to an activating group) is 1. The minimum atomic E-state index is -0.667. The molecule has 0 N–H and O–H groups in total. The highest BCUT2D eigenvalue weighted by Gasteiger charge is 2.25. The molecule has 2 aromatic rings. The molecule has 0 spiro atoms. The third kappa shape index (κ3) is 5.32. The van der Waals surface area contributed by atoms with Crippen LogP contribution in [0.1, 0.15) is 25.0 Å². The van der Waals surface area contributed by atoms with Crippen LogP contribution in [0.25, 0.3) is 6.08 Å². The number of carbonyl (C=O) groups is 2. The van der Waals surface area contributed by atoms with E-state index in [1.54, 1.807) is 45.3 Å². The number of nitrogens with zero attached hydrogens (tertiary/aromatic N) is 2. The van der Waals surface area contributed by atoms with Crippen molar-refractivity contribution in [3.8, 4) is 11.5 Å². The molecule has 1 aliphatic heterocycles. The maximum atomic E-state index is 12.3. The molecule has 1 amide bonds. The molecule has 7 nitrogen and oxygen atoms in total. The number of rotatable bonds is 7. The number of hydrogen-bond donors (Lipinski definition) is 0. The second kappa shape index (κ2) is 9.78. The molecule has 162 valence electrons. The van der Waals surface area contributed by atoms with Crippen LogP contribution in [-0.4, -0.2) is 49.5 Å². The van der Waals surface area contributed by atoms with Gasteiger partial charge in [-0.1, -0.05) is 18.2 Å². The zero-order chi connectivity index (χ0) is 22.5. The second-order valence-corrected chi connectivity index (χ2v) is 7.80. The van der Waals surface area contributed by atoms with Crippen molar-refractivity contribution >= 4 is 39.8 Å². The largest absolute Gasteiger partial charge is 0.490 e. The minimum Gasteiger partial charge on any atom is -0.490 e. The van der Waals surface area contributed by atoms with Crippen LogP contribution in [0.15, 0.2) is 57.6 Å². The quantitative estimate of drug-likeness (QED) is 0.435. The van der Waals surface area contributed by atoms with Crippen LogP contribution < -0.4 is 9.47 Å². The lowest BCUT2D eigenvalue weighted by Crippen LogP contribution is -2.35. The number of ether oxygens (including phenoxy) is 3.